The second kappa shape index (κ2) is 10.4. The molecule has 0 saturated carbocycles. The lowest BCUT2D eigenvalue weighted by Crippen LogP contribution is -2.47. The largest absolute Gasteiger partial charge is 0.497 e. The summed E-state index contributed by atoms with van der Waals surface area (Å²) in [6, 6.07) is 16.5. The molecule has 0 aromatic heterocycles. The molecule has 1 aliphatic rings. The minimum absolute atomic E-state index is 0.0450. The lowest BCUT2D eigenvalue weighted by atomic mass is 9.97. The normalized spacial score (nSPS) is 16.0. The number of rotatable bonds is 7. The first-order valence-corrected chi connectivity index (χ1v) is 9.81. The number of carbonyl (C=O) groups is 2. The van der Waals surface area contributed by atoms with Gasteiger partial charge in [-0.3, -0.25) is 4.79 Å². The fraction of sp³-hybridized carbons (Fsp3) is 0.364. The molecule has 2 aromatic carbocycles. The number of carbonyl (C=O) groups excluding carboxylic acids is 2. The number of amides is 3. The van der Waals surface area contributed by atoms with Crippen molar-refractivity contribution in [2.75, 3.05) is 38.7 Å². The highest BCUT2D eigenvalue weighted by Gasteiger charge is 2.28. The van der Waals surface area contributed by atoms with Gasteiger partial charge in [-0.25, -0.2) is 4.79 Å². The van der Waals surface area contributed by atoms with Crippen molar-refractivity contribution >= 4 is 17.6 Å². The van der Waals surface area contributed by atoms with Crippen molar-refractivity contribution in [3.63, 3.8) is 0 Å². The van der Waals surface area contributed by atoms with Gasteiger partial charge >= 0.3 is 6.03 Å². The van der Waals surface area contributed by atoms with Crippen LogP contribution in [0.2, 0.25) is 0 Å². The van der Waals surface area contributed by atoms with E-state index in [-0.39, 0.29) is 17.9 Å². The topological polar surface area (TPSA) is 79.9 Å². The third-order valence-electron chi connectivity index (χ3n) is 4.82. The summed E-state index contributed by atoms with van der Waals surface area (Å²) in [7, 11) is 1.60. The molecule has 1 aliphatic heterocycles. The van der Waals surface area contributed by atoms with Crippen LogP contribution in [0.1, 0.15) is 12.8 Å². The number of likely N-dealkylation sites (tertiary alicyclic amines) is 1. The van der Waals surface area contributed by atoms with Crippen molar-refractivity contribution in [2.45, 2.75) is 12.8 Å². The van der Waals surface area contributed by atoms with E-state index in [0.717, 1.165) is 24.3 Å². The van der Waals surface area contributed by atoms with E-state index in [0.29, 0.717) is 32.0 Å². The molecule has 1 unspecified atom stereocenters. The number of methoxy groups -OCH3 is 1. The quantitative estimate of drug-likeness (QED) is 0.704. The third kappa shape index (κ3) is 6.14. The number of benzene rings is 2. The molecule has 0 aliphatic carbocycles. The Bertz CT molecular complexity index is 813. The van der Waals surface area contributed by atoms with E-state index in [2.05, 4.69) is 10.6 Å². The van der Waals surface area contributed by atoms with E-state index in [9.17, 15) is 9.59 Å². The molecule has 7 nitrogen and oxygen atoms in total. The first-order chi connectivity index (χ1) is 14.2. The molecular weight excluding hydrogens is 370 g/mol. The Balaban J connectivity index is 1.41. The summed E-state index contributed by atoms with van der Waals surface area (Å²) in [6.07, 6.45) is 1.58. The summed E-state index contributed by atoms with van der Waals surface area (Å²) < 4.78 is 10.8. The molecule has 1 atom stereocenters. The van der Waals surface area contributed by atoms with Gasteiger partial charge in [-0.05, 0) is 37.1 Å². The maximum atomic E-state index is 12.5. The van der Waals surface area contributed by atoms with Gasteiger partial charge in [0, 0.05) is 24.8 Å². The summed E-state index contributed by atoms with van der Waals surface area (Å²) in [5.74, 6) is 1.17. The molecule has 29 heavy (non-hydrogen) atoms. The fourth-order valence-corrected chi connectivity index (χ4v) is 3.28. The average Bonchev–Trinajstić information content (AvgIpc) is 2.77. The Hall–Kier alpha value is -3.22. The molecule has 7 heteroatoms. The van der Waals surface area contributed by atoms with E-state index in [1.165, 1.54) is 0 Å². The lowest BCUT2D eigenvalue weighted by Gasteiger charge is -2.32. The van der Waals surface area contributed by atoms with Gasteiger partial charge in [-0.1, -0.05) is 24.3 Å². The van der Waals surface area contributed by atoms with Gasteiger partial charge in [-0.15, -0.1) is 0 Å². The van der Waals surface area contributed by atoms with E-state index >= 15 is 0 Å². The van der Waals surface area contributed by atoms with E-state index in [1.807, 2.05) is 48.5 Å². The zero-order valence-electron chi connectivity index (χ0n) is 16.6. The Morgan fingerprint density at radius 2 is 1.90 bits per heavy atom. The zero-order chi connectivity index (χ0) is 20.5. The Labute approximate surface area is 171 Å². The number of hydrogen-bond donors (Lipinski definition) is 2. The molecule has 0 bridgehead atoms. The molecule has 3 amide bonds. The molecule has 3 rings (SSSR count). The molecule has 2 N–H and O–H groups in total. The van der Waals surface area contributed by atoms with Gasteiger partial charge in [-0.2, -0.15) is 0 Å². The minimum atomic E-state index is -0.206. The molecule has 1 heterocycles. The molecular formula is C22H27N3O4. The Morgan fingerprint density at radius 1 is 1.10 bits per heavy atom. The van der Waals surface area contributed by atoms with Crippen LogP contribution < -0.4 is 20.1 Å². The molecule has 1 saturated heterocycles. The molecule has 0 radical (unpaired) electrons. The number of piperidine rings is 1. The monoisotopic (exact) mass is 397 g/mol. The fourth-order valence-electron chi connectivity index (χ4n) is 3.28. The van der Waals surface area contributed by atoms with Gasteiger partial charge in [0.05, 0.1) is 19.6 Å². The van der Waals surface area contributed by atoms with Crippen LogP contribution in [0.15, 0.2) is 54.6 Å². The van der Waals surface area contributed by atoms with Crippen molar-refractivity contribution < 1.29 is 19.1 Å². The zero-order valence-corrected chi connectivity index (χ0v) is 16.6. The van der Waals surface area contributed by atoms with Crippen molar-refractivity contribution in [3.05, 3.63) is 54.6 Å². The predicted molar refractivity (Wildman–Crippen MR) is 111 cm³/mol. The predicted octanol–water partition coefficient (Wildman–Crippen LogP) is 3.13. The van der Waals surface area contributed by atoms with E-state index < -0.39 is 0 Å². The number of urea groups is 1. The van der Waals surface area contributed by atoms with Crippen LogP contribution in [-0.2, 0) is 4.79 Å². The van der Waals surface area contributed by atoms with Crippen molar-refractivity contribution in [3.8, 4) is 11.5 Å². The summed E-state index contributed by atoms with van der Waals surface area (Å²) in [5.41, 5.74) is 0.749. The second-order valence-corrected chi connectivity index (χ2v) is 6.90. The van der Waals surface area contributed by atoms with Crippen LogP contribution in [0.3, 0.4) is 0 Å². The maximum Gasteiger partial charge on any atom is 0.321 e. The minimum Gasteiger partial charge on any atom is -0.497 e. The highest BCUT2D eigenvalue weighted by molar-refractivity contribution is 5.90. The number of para-hydroxylation sites is 1. The summed E-state index contributed by atoms with van der Waals surface area (Å²) in [6.45, 7) is 1.84. The summed E-state index contributed by atoms with van der Waals surface area (Å²) in [5, 5.41) is 5.78. The highest BCUT2D eigenvalue weighted by Crippen LogP contribution is 2.19. The van der Waals surface area contributed by atoms with Crippen LogP contribution in [0, 0.1) is 5.92 Å². The Kier molecular flexibility index (Phi) is 7.33. The first-order valence-electron chi connectivity index (χ1n) is 9.81. The smallest absolute Gasteiger partial charge is 0.321 e. The number of hydrogen-bond acceptors (Lipinski definition) is 4. The van der Waals surface area contributed by atoms with E-state index in [1.54, 1.807) is 18.1 Å². The molecule has 0 spiro atoms. The van der Waals surface area contributed by atoms with Crippen LogP contribution >= 0.6 is 0 Å². The highest BCUT2D eigenvalue weighted by atomic mass is 16.5. The lowest BCUT2D eigenvalue weighted by molar-refractivity contribution is -0.126. The van der Waals surface area contributed by atoms with Crippen LogP contribution in [0.5, 0.6) is 11.5 Å². The Morgan fingerprint density at radius 3 is 2.69 bits per heavy atom. The van der Waals surface area contributed by atoms with Crippen LogP contribution in [0.25, 0.3) is 0 Å². The van der Waals surface area contributed by atoms with Gasteiger partial charge in [0.15, 0.2) is 0 Å². The van der Waals surface area contributed by atoms with Gasteiger partial charge in [0.2, 0.25) is 5.91 Å². The number of nitrogens with zero attached hydrogens (tertiary/aromatic N) is 1. The number of anilines is 1. The maximum absolute atomic E-state index is 12.5. The average molecular weight is 397 g/mol. The number of ether oxygens (including phenoxy) is 2. The molecule has 1 fully saturated rings. The van der Waals surface area contributed by atoms with Gasteiger partial charge in [0.1, 0.15) is 18.1 Å². The van der Waals surface area contributed by atoms with E-state index in [4.69, 9.17) is 9.47 Å². The van der Waals surface area contributed by atoms with Crippen molar-refractivity contribution in [1.82, 2.24) is 10.2 Å². The summed E-state index contributed by atoms with van der Waals surface area (Å²) >= 11 is 0. The second-order valence-electron chi connectivity index (χ2n) is 6.90. The number of nitrogens with one attached hydrogen (secondary N) is 2. The standard InChI is InChI=1S/C22H27N3O4/c1-28-19-10-5-11-20(15-19)29-14-12-23-21(26)17-7-6-13-25(16-17)22(27)24-18-8-3-2-4-9-18/h2-5,8-11,15,17H,6-7,12-14,16H2,1H3,(H,23,26)(H,24,27). The van der Waals surface area contributed by atoms with Crippen molar-refractivity contribution in [1.29, 1.82) is 0 Å². The summed E-state index contributed by atoms with van der Waals surface area (Å²) in [4.78, 5) is 26.7. The molecule has 154 valence electrons. The first kappa shape index (κ1) is 20.5. The SMILES string of the molecule is COc1cccc(OCCNC(=O)C2CCCN(C(=O)Nc3ccccc3)C2)c1. The van der Waals surface area contributed by atoms with Crippen LogP contribution in [0.4, 0.5) is 10.5 Å². The van der Waals surface area contributed by atoms with Crippen molar-refractivity contribution in [2.24, 2.45) is 5.92 Å². The van der Waals surface area contributed by atoms with Crippen LogP contribution in [-0.4, -0.2) is 50.2 Å². The molecule has 2 aromatic rings. The third-order valence-corrected chi connectivity index (χ3v) is 4.82. The van der Waals surface area contributed by atoms with Gasteiger partial charge in [0.25, 0.3) is 0 Å². The van der Waals surface area contributed by atoms with Gasteiger partial charge < -0.3 is 25.0 Å².